The Hall–Kier alpha value is -4.26. The molecule has 1 saturated carbocycles. The average molecular weight is 647 g/mol. The lowest BCUT2D eigenvalue weighted by molar-refractivity contribution is 0.0726. The molecule has 4 aromatic heterocycles. The number of imidazole rings is 1. The van der Waals surface area contributed by atoms with E-state index in [1.165, 1.54) is 4.90 Å². The lowest BCUT2D eigenvalue weighted by atomic mass is 9.97. The van der Waals surface area contributed by atoms with Crippen molar-refractivity contribution >= 4 is 28.6 Å². The number of halogens is 2. The number of nitrogens with zero attached hydrogens (tertiary/aromatic N) is 6. The van der Waals surface area contributed by atoms with Gasteiger partial charge in [0, 0.05) is 41.7 Å². The third-order valence-corrected chi connectivity index (χ3v) is 10.6. The van der Waals surface area contributed by atoms with Gasteiger partial charge in [0.25, 0.3) is 5.91 Å². The molecular weight excluding hydrogens is 606 g/mol. The number of nitrogens with two attached hydrogens (primary N) is 1. The van der Waals surface area contributed by atoms with E-state index in [1.807, 2.05) is 41.3 Å². The second-order valence-corrected chi connectivity index (χ2v) is 13.8. The lowest BCUT2D eigenvalue weighted by Crippen LogP contribution is -2.40. The highest BCUT2D eigenvalue weighted by Crippen LogP contribution is 2.40. The number of rotatable bonds is 7. The molecular formula is C34H40F2N8O3. The fourth-order valence-corrected chi connectivity index (χ4v) is 7.86. The third-order valence-electron chi connectivity index (χ3n) is 10.6. The molecule has 0 unspecified atom stereocenters. The molecule has 4 aliphatic rings. The number of amides is 3. The summed E-state index contributed by atoms with van der Waals surface area (Å²) in [4.78, 5) is 39.8. The zero-order valence-electron chi connectivity index (χ0n) is 26.8. The summed E-state index contributed by atoms with van der Waals surface area (Å²) in [7, 11) is 1.60. The number of ether oxygens (including phenoxy) is 1. The van der Waals surface area contributed by atoms with Gasteiger partial charge in [0.05, 0.1) is 43.3 Å². The van der Waals surface area contributed by atoms with Crippen molar-refractivity contribution in [3.8, 4) is 17.3 Å². The van der Waals surface area contributed by atoms with Gasteiger partial charge >= 0.3 is 6.03 Å². The maximum atomic E-state index is 13.8. The Morgan fingerprint density at radius 2 is 1.85 bits per heavy atom. The number of hydrogen-bond donors (Lipinski definition) is 2. The second kappa shape index (κ2) is 11.2. The SMILES string of the molecule is COc1cc(C(=O)N2[C@H]3CC[C@@H]2[C@H](N)C3)cc2nc(-c3cc4ccc([C@@H](C)NC(=O)N5C[C@@H](F)[C@@H](F)C5)nc4n3CC3CC3)c(C)n12. The van der Waals surface area contributed by atoms with Crippen molar-refractivity contribution in [2.75, 3.05) is 20.2 Å². The third kappa shape index (κ3) is 5.01. The van der Waals surface area contributed by atoms with E-state index in [2.05, 4.69) is 16.0 Å². The zero-order valence-corrected chi connectivity index (χ0v) is 26.8. The average Bonchev–Trinajstić information content (AvgIpc) is 3.29. The highest BCUT2D eigenvalue weighted by atomic mass is 19.2. The first-order valence-electron chi connectivity index (χ1n) is 16.6. The minimum atomic E-state index is -1.66. The Bertz CT molecular complexity index is 1890. The van der Waals surface area contributed by atoms with Crippen LogP contribution in [0.5, 0.6) is 5.88 Å². The standard InChI is InChI=1S/C34H40F2N8O3/c1-17(38-34(46)41-15-23(35)24(36)16-41)26-8-6-20-10-28(42(32(20)39-26)14-19-4-5-19)31-18(2)43-29(40-31)11-21(12-30(43)47-3)33(45)44-22-7-9-27(44)25(37)13-22/h6,8,10-12,17,19,22-25,27H,4-5,7,9,13-16,37H2,1-3H3,(H,38,46)/t17-,22+,23-,24+,25-,27-/m1/s1. The fourth-order valence-electron chi connectivity index (χ4n) is 7.86. The molecule has 47 heavy (non-hydrogen) atoms. The summed E-state index contributed by atoms with van der Waals surface area (Å²) in [5.74, 6) is 1.03. The predicted octanol–water partition coefficient (Wildman–Crippen LogP) is 4.54. The number of alkyl halides is 2. The van der Waals surface area contributed by atoms with Crippen LogP contribution < -0.4 is 15.8 Å². The summed E-state index contributed by atoms with van der Waals surface area (Å²) < 4.78 is 37.4. The van der Waals surface area contributed by atoms with E-state index in [0.29, 0.717) is 28.7 Å². The topological polar surface area (TPSA) is 123 Å². The summed E-state index contributed by atoms with van der Waals surface area (Å²) in [6, 6.07) is 8.85. The van der Waals surface area contributed by atoms with Gasteiger partial charge in [-0.15, -0.1) is 0 Å². The molecule has 3 aliphatic heterocycles. The fraction of sp³-hybridized carbons (Fsp3) is 0.529. The Labute approximate surface area is 271 Å². The number of urea groups is 1. The van der Waals surface area contributed by atoms with Crippen molar-refractivity contribution in [2.24, 2.45) is 11.7 Å². The van der Waals surface area contributed by atoms with Crippen molar-refractivity contribution in [1.82, 2.24) is 34.1 Å². The van der Waals surface area contributed by atoms with E-state index in [-0.39, 0.29) is 37.1 Å². The van der Waals surface area contributed by atoms with E-state index >= 15 is 0 Å². The van der Waals surface area contributed by atoms with Crippen molar-refractivity contribution in [1.29, 1.82) is 0 Å². The maximum Gasteiger partial charge on any atom is 0.318 e. The van der Waals surface area contributed by atoms with Crippen molar-refractivity contribution in [3.05, 3.63) is 47.3 Å². The van der Waals surface area contributed by atoms with Gasteiger partial charge in [-0.25, -0.2) is 23.5 Å². The molecule has 0 radical (unpaired) electrons. The summed E-state index contributed by atoms with van der Waals surface area (Å²) in [6.45, 7) is 4.07. The van der Waals surface area contributed by atoms with Gasteiger partial charge in [-0.1, -0.05) is 0 Å². The van der Waals surface area contributed by atoms with Crippen LogP contribution in [0.4, 0.5) is 13.6 Å². The number of methoxy groups -OCH3 is 1. The van der Waals surface area contributed by atoms with Crippen LogP contribution in [0.3, 0.4) is 0 Å². The Balaban J connectivity index is 1.15. The van der Waals surface area contributed by atoms with Gasteiger partial charge in [-0.2, -0.15) is 0 Å². The molecule has 8 rings (SSSR count). The lowest BCUT2D eigenvalue weighted by Gasteiger charge is -2.23. The molecule has 0 aromatic carbocycles. The number of fused-ring (bicyclic) bond motifs is 4. The van der Waals surface area contributed by atoms with Crippen LogP contribution >= 0.6 is 0 Å². The normalized spacial score (nSPS) is 26.1. The first-order valence-corrected chi connectivity index (χ1v) is 16.6. The van der Waals surface area contributed by atoms with Crippen molar-refractivity contribution in [3.63, 3.8) is 0 Å². The predicted molar refractivity (Wildman–Crippen MR) is 172 cm³/mol. The molecule has 4 fully saturated rings. The number of carbonyl (C=O) groups excluding carboxylic acids is 2. The molecule has 7 heterocycles. The van der Waals surface area contributed by atoms with Crippen molar-refractivity contribution < 1.29 is 23.1 Å². The van der Waals surface area contributed by atoms with E-state index in [4.69, 9.17) is 20.4 Å². The molecule has 2 bridgehead atoms. The van der Waals surface area contributed by atoms with Crippen LogP contribution in [0.25, 0.3) is 28.1 Å². The van der Waals surface area contributed by atoms with Gasteiger partial charge in [-0.05, 0) is 76.1 Å². The molecule has 13 heteroatoms. The first kappa shape index (κ1) is 30.1. The van der Waals surface area contributed by atoms with Crippen LogP contribution in [0.1, 0.15) is 66.8 Å². The van der Waals surface area contributed by atoms with Gasteiger partial charge in [0.15, 0.2) is 18.2 Å². The number of aromatic nitrogens is 4. The number of aryl methyl sites for hydroxylation is 1. The van der Waals surface area contributed by atoms with Crippen LogP contribution in [0.15, 0.2) is 30.3 Å². The van der Waals surface area contributed by atoms with E-state index in [0.717, 1.165) is 66.8 Å². The molecule has 6 atom stereocenters. The highest BCUT2D eigenvalue weighted by Gasteiger charge is 2.47. The van der Waals surface area contributed by atoms with Gasteiger partial charge in [0.1, 0.15) is 17.0 Å². The number of nitrogens with one attached hydrogen (secondary N) is 1. The van der Waals surface area contributed by atoms with E-state index in [1.54, 1.807) is 13.2 Å². The molecule has 248 valence electrons. The van der Waals surface area contributed by atoms with Crippen LogP contribution in [0, 0.1) is 12.8 Å². The summed E-state index contributed by atoms with van der Waals surface area (Å²) >= 11 is 0. The summed E-state index contributed by atoms with van der Waals surface area (Å²) in [5.41, 5.74) is 11.5. The molecule has 11 nitrogen and oxygen atoms in total. The summed E-state index contributed by atoms with van der Waals surface area (Å²) in [5, 5.41) is 3.79. The van der Waals surface area contributed by atoms with Crippen LogP contribution in [0.2, 0.25) is 0 Å². The number of likely N-dealkylation sites (tertiary alicyclic amines) is 1. The van der Waals surface area contributed by atoms with Crippen LogP contribution in [-0.4, -0.2) is 91.3 Å². The molecule has 3 saturated heterocycles. The second-order valence-electron chi connectivity index (χ2n) is 13.8. The molecule has 3 amide bonds. The Morgan fingerprint density at radius 3 is 2.51 bits per heavy atom. The van der Waals surface area contributed by atoms with Crippen LogP contribution in [-0.2, 0) is 6.54 Å². The number of hydrogen-bond acceptors (Lipinski definition) is 6. The maximum absolute atomic E-state index is 13.8. The summed E-state index contributed by atoms with van der Waals surface area (Å²) in [6.07, 6.45) is 1.71. The van der Waals surface area contributed by atoms with Crippen molar-refractivity contribution in [2.45, 2.75) is 89.0 Å². The van der Waals surface area contributed by atoms with E-state index in [9.17, 15) is 18.4 Å². The smallest absolute Gasteiger partial charge is 0.318 e. The molecule has 3 N–H and O–H groups in total. The Morgan fingerprint density at radius 1 is 1.09 bits per heavy atom. The zero-order chi connectivity index (χ0) is 32.7. The molecule has 1 aliphatic carbocycles. The minimum absolute atomic E-state index is 0.0173. The van der Waals surface area contributed by atoms with E-state index < -0.39 is 24.4 Å². The van der Waals surface area contributed by atoms with Gasteiger partial charge < -0.3 is 30.2 Å². The largest absolute Gasteiger partial charge is 0.482 e. The number of carbonyl (C=O) groups is 2. The van der Waals surface area contributed by atoms with Gasteiger partial charge in [-0.3, -0.25) is 9.20 Å². The Kier molecular flexibility index (Phi) is 7.16. The number of pyridine rings is 2. The highest BCUT2D eigenvalue weighted by molar-refractivity contribution is 5.97. The first-order chi connectivity index (χ1) is 22.6. The van der Waals surface area contributed by atoms with Gasteiger partial charge in [0.2, 0.25) is 0 Å². The minimum Gasteiger partial charge on any atom is -0.482 e. The monoisotopic (exact) mass is 646 g/mol. The quantitative estimate of drug-likeness (QED) is 0.304. The molecule has 4 aromatic rings. The molecule has 0 spiro atoms.